The molecule has 1 N–H and O–H groups in total. The third kappa shape index (κ3) is 4.70. The van der Waals surface area contributed by atoms with Crippen molar-refractivity contribution < 1.29 is 4.79 Å². The van der Waals surface area contributed by atoms with E-state index in [0.29, 0.717) is 28.3 Å². The molecule has 1 heterocycles. The lowest BCUT2D eigenvalue weighted by molar-refractivity contribution is -0.117. The lowest BCUT2D eigenvalue weighted by Gasteiger charge is -2.41. The Labute approximate surface area is 164 Å². The summed E-state index contributed by atoms with van der Waals surface area (Å²) >= 11 is 12.0. The number of hydrogen-bond acceptors (Lipinski definition) is 3. The summed E-state index contributed by atoms with van der Waals surface area (Å²) in [6.45, 7) is 7.23. The van der Waals surface area contributed by atoms with Gasteiger partial charge in [-0.2, -0.15) is 0 Å². The summed E-state index contributed by atoms with van der Waals surface area (Å²) < 4.78 is 0. The van der Waals surface area contributed by atoms with Crippen molar-refractivity contribution in [2.24, 2.45) is 0 Å². The van der Waals surface area contributed by atoms with Gasteiger partial charge in [-0.3, -0.25) is 9.69 Å². The van der Waals surface area contributed by atoms with Crippen LogP contribution >= 0.6 is 23.2 Å². The number of rotatable bonds is 4. The molecule has 0 bridgehead atoms. The summed E-state index contributed by atoms with van der Waals surface area (Å²) in [6, 6.07) is 14.0. The fraction of sp³-hybridized carbons (Fsp3) is 0.350. The molecule has 1 aliphatic rings. The zero-order valence-corrected chi connectivity index (χ0v) is 16.5. The minimum atomic E-state index is -0.0646. The predicted molar refractivity (Wildman–Crippen MR) is 110 cm³/mol. The maximum absolute atomic E-state index is 12.4. The van der Waals surface area contributed by atoms with E-state index < -0.39 is 0 Å². The molecule has 1 unspecified atom stereocenters. The molecule has 6 heteroatoms. The Morgan fingerprint density at radius 3 is 2.54 bits per heavy atom. The number of nitrogens with one attached hydrogen (secondary N) is 1. The van der Waals surface area contributed by atoms with E-state index in [1.54, 1.807) is 18.2 Å². The topological polar surface area (TPSA) is 35.6 Å². The summed E-state index contributed by atoms with van der Waals surface area (Å²) in [4.78, 5) is 16.9. The Hall–Kier alpha value is -1.75. The maximum Gasteiger partial charge on any atom is 0.238 e. The van der Waals surface area contributed by atoms with Crippen LogP contribution in [-0.2, 0) is 4.79 Å². The number of aryl methyl sites for hydroxylation is 1. The molecule has 1 amide bonds. The van der Waals surface area contributed by atoms with Gasteiger partial charge >= 0.3 is 0 Å². The second-order valence-electron chi connectivity index (χ2n) is 6.79. The van der Waals surface area contributed by atoms with E-state index in [1.807, 2.05) is 0 Å². The van der Waals surface area contributed by atoms with Crippen LogP contribution in [0, 0.1) is 6.92 Å². The first-order chi connectivity index (χ1) is 12.4. The number of carbonyl (C=O) groups is 1. The van der Waals surface area contributed by atoms with Gasteiger partial charge in [0.1, 0.15) is 0 Å². The monoisotopic (exact) mass is 391 g/mol. The summed E-state index contributed by atoms with van der Waals surface area (Å²) in [5, 5.41) is 3.86. The quantitative estimate of drug-likeness (QED) is 0.835. The Morgan fingerprint density at radius 1 is 1.15 bits per heavy atom. The number of carbonyl (C=O) groups excluding carboxylic acids is 1. The molecular weight excluding hydrogens is 369 g/mol. The van der Waals surface area contributed by atoms with Gasteiger partial charge in [0.25, 0.3) is 0 Å². The van der Waals surface area contributed by atoms with Crippen LogP contribution in [0.25, 0.3) is 0 Å². The van der Waals surface area contributed by atoms with Crippen molar-refractivity contribution in [2.75, 3.05) is 36.4 Å². The summed E-state index contributed by atoms with van der Waals surface area (Å²) in [7, 11) is 0. The van der Waals surface area contributed by atoms with Gasteiger partial charge in [-0.1, -0.05) is 40.9 Å². The van der Waals surface area contributed by atoms with Crippen molar-refractivity contribution in [2.45, 2.75) is 19.9 Å². The Morgan fingerprint density at radius 2 is 1.88 bits per heavy atom. The molecule has 2 aromatic rings. The normalized spacial score (nSPS) is 18.0. The van der Waals surface area contributed by atoms with Crippen LogP contribution in [-0.4, -0.2) is 43.0 Å². The van der Waals surface area contributed by atoms with E-state index in [9.17, 15) is 4.79 Å². The highest BCUT2D eigenvalue weighted by Gasteiger charge is 2.25. The van der Waals surface area contributed by atoms with Gasteiger partial charge in [-0.15, -0.1) is 0 Å². The molecule has 3 rings (SSSR count). The molecule has 4 nitrogen and oxygen atoms in total. The third-order valence-electron chi connectivity index (χ3n) is 4.65. The number of anilines is 2. The van der Waals surface area contributed by atoms with Crippen LogP contribution in [0.3, 0.4) is 0 Å². The van der Waals surface area contributed by atoms with Crippen molar-refractivity contribution >= 4 is 40.5 Å². The lowest BCUT2D eigenvalue weighted by Crippen LogP contribution is -2.53. The highest BCUT2D eigenvalue weighted by atomic mass is 35.5. The number of piperazine rings is 1. The molecule has 1 aliphatic heterocycles. The van der Waals surface area contributed by atoms with Gasteiger partial charge in [0.15, 0.2) is 0 Å². The second-order valence-corrected chi connectivity index (χ2v) is 7.63. The van der Waals surface area contributed by atoms with Gasteiger partial charge < -0.3 is 10.2 Å². The number of halogens is 2. The van der Waals surface area contributed by atoms with E-state index in [2.05, 4.69) is 53.2 Å². The van der Waals surface area contributed by atoms with E-state index in [4.69, 9.17) is 23.2 Å². The summed E-state index contributed by atoms with van der Waals surface area (Å²) in [5.74, 6) is -0.0646. The molecule has 26 heavy (non-hydrogen) atoms. The SMILES string of the molecule is Cc1ccc(N2CCN(CC(=O)Nc3ccc(Cl)cc3Cl)CC2C)cc1. The Balaban J connectivity index is 1.55. The first kappa shape index (κ1) is 19.0. The van der Waals surface area contributed by atoms with Crippen molar-refractivity contribution in [3.05, 3.63) is 58.1 Å². The zero-order valence-electron chi connectivity index (χ0n) is 15.0. The zero-order chi connectivity index (χ0) is 18.7. The standard InChI is InChI=1S/C20H23Cl2N3O/c1-14-3-6-17(7-4-14)25-10-9-24(12-15(25)2)13-20(26)23-19-8-5-16(21)11-18(19)22/h3-8,11,15H,9-10,12-13H2,1-2H3,(H,23,26). The van der Waals surface area contributed by atoms with Crippen LogP contribution in [0.5, 0.6) is 0 Å². The lowest BCUT2D eigenvalue weighted by atomic mass is 10.1. The minimum Gasteiger partial charge on any atom is -0.366 e. The summed E-state index contributed by atoms with van der Waals surface area (Å²) in [6.07, 6.45) is 0. The fourth-order valence-electron chi connectivity index (χ4n) is 3.28. The Kier molecular flexibility index (Phi) is 6.07. The summed E-state index contributed by atoms with van der Waals surface area (Å²) in [5.41, 5.74) is 3.09. The van der Waals surface area contributed by atoms with Gasteiger partial charge in [-0.05, 0) is 44.2 Å². The highest BCUT2D eigenvalue weighted by molar-refractivity contribution is 6.36. The van der Waals surface area contributed by atoms with Gasteiger partial charge in [0.2, 0.25) is 5.91 Å². The predicted octanol–water partition coefficient (Wildman–Crippen LogP) is 4.45. The molecule has 0 saturated carbocycles. The van der Waals surface area contributed by atoms with E-state index in [0.717, 1.165) is 19.6 Å². The molecule has 1 saturated heterocycles. The van der Waals surface area contributed by atoms with Crippen molar-refractivity contribution in [3.63, 3.8) is 0 Å². The third-order valence-corrected chi connectivity index (χ3v) is 5.20. The van der Waals surface area contributed by atoms with Crippen LogP contribution in [0.15, 0.2) is 42.5 Å². The van der Waals surface area contributed by atoms with Crippen LogP contribution in [0.4, 0.5) is 11.4 Å². The first-order valence-electron chi connectivity index (χ1n) is 8.73. The second kappa shape index (κ2) is 8.30. The van der Waals surface area contributed by atoms with Crippen molar-refractivity contribution in [1.82, 2.24) is 4.90 Å². The van der Waals surface area contributed by atoms with E-state index in [-0.39, 0.29) is 5.91 Å². The number of benzene rings is 2. The average Bonchev–Trinajstić information content (AvgIpc) is 2.59. The smallest absolute Gasteiger partial charge is 0.238 e. The van der Waals surface area contributed by atoms with E-state index in [1.165, 1.54) is 11.3 Å². The number of amides is 1. The van der Waals surface area contributed by atoms with Gasteiger partial charge in [0, 0.05) is 36.4 Å². The molecule has 0 aromatic heterocycles. The van der Waals surface area contributed by atoms with E-state index >= 15 is 0 Å². The minimum absolute atomic E-state index is 0.0646. The molecule has 2 aromatic carbocycles. The molecule has 0 radical (unpaired) electrons. The molecule has 138 valence electrons. The molecule has 1 fully saturated rings. The van der Waals surface area contributed by atoms with Crippen LogP contribution in [0.2, 0.25) is 10.0 Å². The number of nitrogens with zero attached hydrogens (tertiary/aromatic N) is 2. The maximum atomic E-state index is 12.4. The average molecular weight is 392 g/mol. The van der Waals surface area contributed by atoms with Gasteiger partial charge in [0.05, 0.1) is 17.3 Å². The van der Waals surface area contributed by atoms with Crippen molar-refractivity contribution in [3.8, 4) is 0 Å². The first-order valence-corrected chi connectivity index (χ1v) is 9.48. The van der Waals surface area contributed by atoms with Crippen LogP contribution in [0.1, 0.15) is 12.5 Å². The Bertz CT molecular complexity index is 779. The molecule has 0 spiro atoms. The van der Waals surface area contributed by atoms with Crippen LogP contribution < -0.4 is 10.2 Å². The molecule has 1 atom stereocenters. The number of hydrogen-bond donors (Lipinski definition) is 1. The molecule has 0 aliphatic carbocycles. The molecular formula is C20H23Cl2N3O. The largest absolute Gasteiger partial charge is 0.366 e. The highest BCUT2D eigenvalue weighted by Crippen LogP contribution is 2.25. The van der Waals surface area contributed by atoms with Crippen molar-refractivity contribution in [1.29, 1.82) is 0 Å². The fourth-order valence-corrected chi connectivity index (χ4v) is 3.74. The van der Waals surface area contributed by atoms with Gasteiger partial charge in [-0.25, -0.2) is 0 Å².